The van der Waals surface area contributed by atoms with Gasteiger partial charge in [0.05, 0.1) is 5.92 Å². The SMILES string of the molecule is CC(C(=O)O)c1csc2c1CCCC2. The van der Waals surface area contributed by atoms with E-state index in [1.807, 2.05) is 5.38 Å². The number of carboxylic acid groups (broad SMARTS) is 1. The normalized spacial score (nSPS) is 17.5. The summed E-state index contributed by atoms with van der Waals surface area (Å²) < 4.78 is 0. The highest BCUT2D eigenvalue weighted by Crippen LogP contribution is 2.34. The predicted octanol–water partition coefficient (Wildman–Crippen LogP) is 2.82. The third-order valence-corrected chi connectivity index (χ3v) is 4.04. The summed E-state index contributed by atoms with van der Waals surface area (Å²) in [7, 11) is 0. The fourth-order valence-corrected chi connectivity index (χ4v) is 3.26. The summed E-state index contributed by atoms with van der Waals surface area (Å²) in [6, 6.07) is 0. The molecule has 1 aromatic rings. The van der Waals surface area contributed by atoms with Gasteiger partial charge in [-0.25, -0.2) is 0 Å². The van der Waals surface area contributed by atoms with E-state index in [9.17, 15) is 4.79 Å². The van der Waals surface area contributed by atoms with E-state index in [2.05, 4.69) is 0 Å². The van der Waals surface area contributed by atoms with Gasteiger partial charge in [-0.1, -0.05) is 0 Å². The molecule has 0 spiro atoms. The number of carbonyl (C=O) groups is 1. The molecule has 14 heavy (non-hydrogen) atoms. The van der Waals surface area contributed by atoms with Crippen LogP contribution in [0.4, 0.5) is 0 Å². The maximum absolute atomic E-state index is 10.9. The Labute approximate surface area is 87.6 Å². The lowest BCUT2D eigenvalue weighted by Gasteiger charge is -2.14. The van der Waals surface area contributed by atoms with Crippen molar-refractivity contribution in [3.63, 3.8) is 0 Å². The molecule has 76 valence electrons. The number of hydrogen-bond donors (Lipinski definition) is 1. The van der Waals surface area contributed by atoms with Crippen LogP contribution in [-0.2, 0) is 17.6 Å². The maximum Gasteiger partial charge on any atom is 0.310 e. The van der Waals surface area contributed by atoms with E-state index in [1.54, 1.807) is 18.3 Å². The fraction of sp³-hybridized carbons (Fsp3) is 0.545. The van der Waals surface area contributed by atoms with Gasteiger partial charge in [-0.2, -0.15) is 0 Å². The average Bonchev–Trinajstić information content (AvgIpc) is 2.60. The van der Waals surface area contributed by atoms with Crippen LogP contribution in [-0.4, -0.2) is 11.1 Å². The van der Waals surface area contributed by atoms with Gasteiger partial charge in [0.2, 0.25) is 0 Å². The molecule has 0 fully saturated rings. The van der Waals surface area contributed by atoms with Gasteiger partial charge in [0.1, 0.15) is 0 Å². The Morgan fingerprint density at radius 1 is 1.50 bits per heavy atom. The summed E-state index contributed by atoms with van der Waals surface area (Å²) >= 11 is 1.73. The zero-order chi connectivity index (χ0) is 10.1. The molecule has 1 unspecified atom stereocenters. The quantitative estimate of drug-likeness (QED) is 0.815. The first-order chi connectivity index (χ1) is 6.70. The van der Waals surface area contributed by atoms with E-state index in [0.29, 0.717) is 0 Å². The van der Waals surface area contributed by atoms with Gasteiger partial charge in [0.15, 0.2) is 0 Å². The molecule has 1 N–H and O–H groups in total. The first-order valence-corrected chi connectivity index (χ1v) is 5.90. The summed E-state index contributed by atoms with van der Waals surface area (Å²) in [5.74, 6) is -1.05. The molecule has 1 aliphatic rings. The minimum atomic E-state index is -0.712. The van der Waals surface area contributed by atoms with E-state index in [0.717, 1.165) is 18.4 Å². The highest BCUT2D eigenvalue weighted by atomic mass is 32.1. The monoisotopic (exact) mass is 210 g/mol. The molecule has 0 bridgehead atoms. The van der Waals surface area contributed by atoms with Crippen molar-refractivity contribution in [1.29, 1.82) is 0 Å². The summed E-state index contributed by atoms with van der Waals surface area (Å²) in [6.07, 6.45) is 4.69. The molecular weight excluding hydrogens is 196 g/mol. The van der Waals surface area contributed by atoms with Gasteiger partial charge in [0, 0.05) is 4.88 Å². The van der Waals surface area contributed by atoms with Crippen LogP contribution < -0.4 is 0 Å². The number of carboxylic acids is 1. The number of hydrogen-bond acceptors (Lipinski definition) is 2. The van der Waals surface area contributed by atoms with Gasteiger partial charge in [-0.15, -0.1) is 11.3 Å². The number of thiophene rings is 1. The van der Waals surface area contributed by atoms with E-state index in [4.69, 9.17) is 5.11 Å². The van der Waals surface area contributed by atoms with E-state index < -0.39 is 5.97 Å². The molecule has 3 heteroatoms. The van der Waals surface area contributed by atoms with Crippen LogP contribution >= 0.6 is 11.3 Å². The molecule has 1 heterocycles. The molecule has 0 amide bonds. The Morgan fingerprint density at radius 3 is 2.93 bits per heavy atom. The van der Waals surface area contributed by atoms with Crippen LogP contribution in [0.15, 0.2) is 5.38 Å². The van der Waals surface area contributed by atoms with Gasteiger partial charge in [0.25, 0.3) is 0 Å². The first-order valence-electron chi connectivity index (χ1n) is 5.02. The molecule has 0 aliphatic heterocycles. The molecular formula is C11H14O2S. The van der Waals surface area contributed by atoms with E-state index in [-0.39, 0.29) is 5.92 Å². The second kappa shape index (κ2) is 3.73. The Kier molecular flexibility index (Phi) is 2.59. The third kappa shape index (κ3) is 1.57. The van der Waals surface area contributed by atoms with Crippen LogP contribution in [0, 0.1) is 0 Å². The highest BCUT2D eigenvalue weighted by Gasteiger charge is 2.22. The van der Waals surface area contributed by atoms with E-state index in [1.165, 1.54) is 23.3 Å². The van der Waals surface area contributed by atoms with E-state index >= 15 is 0 Å². The van der Waals surface area contributed by atoms with Gasteiger partial charge < -0.3 is 5.11 Å². The second-order valence-electron chi connectivity index (χ2n) is 3.86. The Morgan fingerprint density at radius 2 is 2.21 bits per heavy atom. The van der Waals surface area contributed by atoms with Crippen LogP contribution in [0.5, 0.6) is 0 Å². The number of aryl methyl sites for hydroxylation is 1. The Balaban J connectivity index is 2.34. The van der Waals surface area contributed by atoms with Crippen molar-refractivity contribution in [2.45, 2.75) is 38.5 Å². The molecule has 0 radical (unpaired) electrons. The minimum Gasteiger partial charge on any atom is -0.481 e. The second-order valence-corrected chi connectivity index (χ2v) is 4.82. The lowest BCUT2D eigenvalue weighted by Crippen LogP contribution is -2.10. The fourth-order valence-electron chi connectivity index (χ4n) is 2.02. The van der Waals surface area contributed by atoms with Crippen LogP contribution in [0.25, 0.3) is 0 Å². The van der Waals surface area contributed by atoms with Crippen LogP contribution in [0.1, 0.15) is 41.7 Å². The van der Waals surface area contributed by atoms with Gasteiger partial charge in [-0.3, -0.25) is 4.79 Å². The lowest BCUT2D eigenvalue weighted by atomic mass is 9.91. The van der Waals surface area contributed by atoms with Gasteiger partial charge >= 0.3 is 5.97 Å². The van der Waals surface area contributed by atoms with Crippen molar-refractivity contribution in [1.82, 2.24) is 0 Å². The lowest BCUT2D eigenvalue weighted by molar-refractivity contribution is -0.138. The average molecular weight is 210 g/mol. The number of rotatable bonds is 2. The third-order valence-electron chi connectivity index (χ3n) is 2.93. The molecule has 2 rings (SSSR count). The minimum absolute atomic E-state index is 0.340. The smallest absolute Gasteiger partial charge is 0.310 e. The topological polar surface area (TPSA) is 37.3 Å². The van der Waals surface area contributed by atoms with Crippen molar-refractivity contribution in [3.8, 4) is 0 Å². The molecule has 0 aromatic carbocycles. The van der Waals surface area contributed by atoms with Crippen LogP contribution in [0.2, 0.25) is 0 Å². The maximum atomic E-state index is 10.9. The summed E-state index contributed by atoms with van der Waals surface area (Å²) in [5.41, 5.74) is 2.38. The summed E-state index contributed by atoms with van der Waals surface area (Å²) in [5, 5.41) is 11.0. The zero-order valence-electron chi connectivity index (χ0n) is 8.25. The van der Waals surface area contributed by atoms with Crippen molar-refractivity contribution < 1.29 is 9.90 Å². The molecule has 1 aromatic heterocycles. The molecule has 0 saturated heterocycles. The zero-order valence-corrected chi connectivity index (χ0v) is 9.06. The standard InChI is InChI=1S/C11H14O2S/c1-7(11(12)13)9-6-14-10-5-3-2-4-8(9)10/h6-7H,2-5H2,1H3,(H,12,13). The summed E-state index contributed by atoms with van der Waals surface area (Å²) in [4.78, 5) is 12.3. The molecule has 1 aliphatic carbocycles. The number of fused-ring (bicyclic) bond motifs is 1. The van der Waals surface area contributed by atoms with Crippen molar-refractivity contribution in [3.05, 3.63) is 21.4 Å². The van der Waals surface area contributed by atoms with Gasteiger partial charge in [-0.05, 0) is 49.1 Å². The first kappa shape index (κ1) is 9.71. The largest absolute Gasteiger partial charge is 0.481 e. The Bertz CT molecular complexity index is 354. The van der Waals surface area contributed by atoms with Crippen molar-refractivity contribution in [2.75, 3.05) is 0 Å². The van der Waals surface area contributed by atoms with Crippen molar-refractivity contribution >= 4 is 17.3 Å². The summed E-state index contributed by atoms with van der Waals surface area (Å²) in [6.45, 7) is 1.78. The molecule has 2 nitrogen and oxygen atoms in total. The molecule has 0 saturated carbocycles. The predicted molar refractivity (Wildman–Crippen MR) is 57.0 cm³/mol. The molecule has 1 atom stereocenters. The number of aliphatic carboxylic acids is 1. The van der Waals surface area contributed by atoms with Crippen molar-refractivity contribution in [2.24, 2.45) is 0 Å². The Hall–Kier alpha value is -0.830. The van der Waals surface area contributed by atoms with Crippen LogP contribution in [0.3, 0.4) is 0 Å². The highest BCUT2D eigenvalue weighted by molar-refractivity contribution is 7.10.